The summed E-state index contributed by atoms with van der Waals surface area (Å²) in [5, 5.41) is 7.48. The van der Waals surface area contributed by atoms with Crippen molar-refractivity contribution in [3.8, 4) is 5.75 Å². The highest BCUT2D eigenvalue weighted by molar-refractivity contribution is 7.92. The highest BCUT2D eigenvalue weighted by Gasteiger charge is 2.23. The van der Waals surface area contributed by atoms with Gasteiger partial charge in [-0.2, -0.15) is 0 Å². The lowest BCUT2D eigenvalue weighted by atomic mass is 10.1. The fraction of sp³-hybridized carbons (Fsp3) is 0.188. The van der Waals surface area contributed by atoms with Crippen molar-refractivity contribution in [2.75, 3.05) is 6.61 Å². The van der Waals surface area contributed by atoms with Crippen LogP contribution in [0.4, 0.5) is 0 Å². The van der Waals surface area contributed by atoms with E-state index in [0.717, 1.165) is 5.56 Å². The van der Waals surface area contributed by atoms with Gasteiger partial charge < -0.3 is 15.6 Å². The maximum absolute atomic E-state index is 12.4. The first kappa shape index (κ1) is 17.0. The van der Waals surface area contributed by atoms with Gasteiger partial charge in [0.1, 0.15) is 11.1 Å². The average Bonchev–Trinajstić information content (AvgIpc) is 2.55. The number of hydrogen-bond donors (Lipinski definition) is 2. The zero-order valence-electron chi connectivity index (χ0n) is 12.3. The van der Waals surface area contributed by atoms with Gasteiger partial charge in [-0.1, -0.05) is 30.3 Å². The van der Waals surface area contributed by atoms with Crippen LogP contribution < -0.4 is 10.5 Å². The number of carboxylic acids is 1. The Balaban J connectivity index is 2.05. The smallest absolute Gasteiger partial charge is 0.341 e. The van der Waals surface area contributed by atoms with Crippen LogP contribution >= 0.6 is 0 Å². The van der Waals surface area contributed by atoms with Gasteiger partial charge in [0, 0.05) is 6.42 Å². The van der Waals surface area contributed by atoms with E-state index in [1.165, 1.54) is 12.1 Å². The second kappa shape index (κ2) is 7.26. The molecule has 0 bridgehead atoms. The van der Waals surface area contributed by atoms with Crippen LogP contribution in [0.5, 0.6) is 5.75 Å². The number of carboxylic acid groups (broad SMARTS) is 1. The molecule has 23 heavy (non-hydrogen) atoms. The van der Waals surface area contributed by atoms with Crippen LogP contribution in [0.3, 0.4) is 0 Å². The molecule has 0 aliphatic heterocycles. The highest BCUT2D eigenvalue weighted by atomic mass is 32.2. The largest absolute Gasteiger partial charge is 0.482 e. The minimum absolute atomic E-state index is 0.149. The monoisotopic (exact) mass is 335 g/mol. The summed E-state index contributed by atoms with van der Waals surface area (Å²) >= 11 is 0. The molecule has 0 spiro atoms. The molecule has 2 aromatic rings. The molecule has 0 fully saturated rings. The van der Waals surface area contributed by atoms with E-state index in [-0.39, 0.29) is 11.3 Å². The SMILES string of the molecule is NC(Cc1ccc(OCC(=O)O)cc1)S(=O)(=O)c1ccccc1. The average molecular weight is 335 g/mol. The van der Waals surface area contributed by atoms with Crippen molar-refractivity contribution in [1.82, 2.24) is 0 Å². The Kier molecular flexibility index (Phi) is 5.36. The highest BCUT2D eigenvalue weighted by Crippen LogP contribution is 2.18. The van der Waals surface area contributed by atoms with Gasteiger partial charge in [-0.3, -0.25) is 0 Å². The van der Waals surface area contributed by atoms with E-state index < -0.39 is 27.8 Å². The normalized spacial score (nSPS) is 12.6. The molecule has 0 radical (unpaired) electrons. The molecule has 1 unspecified atom stereocenters. The second-order valence-electron chi connectivity index (χ2n) is 4.93. The van der Waals surface area contributed by atoms with E-state index in [1.54, 1.807) is 42.5 Å². The van der Waals surface area contributed by atoms with E-state index >= 15 is 0 Å². The Morgan fingerprint density at radius 2 is 1.70 bits per heavy atom. The predicted octanol–water partition coefficient (Wildman–Crippen LogP) is 1.45. The zero-order chi connectivity index (χ0) is 16.9. The standard InChI is InChI=1S/C16H17NO5S/c17-15(23(20,21)14-4-2-1-3-5-14)10-12-6-8-13(9-7-12)22-11-16(18)19/h1-9,15H,10-11,17H2,(H,18,19). The van der Waals surface area contributed by atoms with Crippen molar-refractivity contribution in [3.63, 3.8) is 0 Å². The van der Waals surface area contributed by atoms with Crippen LogP contribution in [0, 0.1) is 0 Å². The van der Waals surface area contributed by atoms with E-state index in [1.807, 2.05) is 0 Å². The van der Waals surface area contributed by atoms with E-state index in [9.17, 15) is 13.2 Å². The van der Waals surface area contributed by atoms with Crippen LogP contribution in [0.2, 0.25) is 0 Å². The maximum Gasteiger partial charge on any atom is 0.341 e. The zero-order valence-corrected chi connectivity index (χ0v) is 13.1. The van der Waals surface area contributed by atoms with Crippen molar-refractivity contribution in [2.24, 2.45) is 5.73 Å². The molecule has 6 nitrogen and oxygen atoms in total. The van der Waals surface area contributed by atoms with Crippen molar-refractivity contribution in [1.29, 1.82) is 0 Å². The maximum atomic E-state index is 12.4. The summed E-state index contributed by atoms with van der Waals surface area (Å²) in [6.45, 7) is -0.429. The molecule has 0 heterocycles. The third-order valence-corrected chi connectivity index (χ3v) is 5.09. The third-order valence-electron chi connectivity index (χ3n) is 3.19. The first-order chi connectivity index (χ1) is 10.9. The number of nitrogens with two attached hydrogens (primary N) is 1. The molecule has 3 N–H and O–H groups in total. The predicted molar refractivity (Wildman–Crippen MR) is 84.9 cm³/mol. The lowest BCUT2D eigenvalue weighted by Crippen LogP contribution is -2.32. The van der Waals surface area contributed by atoms with Gasteiger partial charge >= 0.3 is 5.97 Å². The van der Waals surface area contributed by atoms with Crippen molar-refractivity contribution >= 4 is 15.8 Å². The summed E-state index contributed by atoms with van der Waals surface area (Å²) in [6, 6.07) is 14.5. The van der Waals surface area contributed by atoms with Gasteiger partial charge in [0.05, 0.1) is 4.90 Å². The fourth-order valence-corrected chi connectivity index (χ4v) is 3.29. The molecular formula is C16H17NO5S. The summed E-state index contributed by atoms with van der Waals surface area (Å²) in [6.07, 6.45) is 0.149. The minimum Gasteiger partial charge on any atom is -0.482 e. The Morgan fingerprint density at radius 3 is 2.26 bits per heavy atom. The summed E-state index contributed by atoms with van der Waals surface area (Å²) in [5.41, 5.74) is 6.58. The quantitative estimate of drug-likeness (QED) is 0.793. The first-order valence-corrected chi connectivity index (χ1v) is 8.42. The van der Waals surface area contributed by atoms with Gasteiger partial charge in [-0.15, -0.1) is 0 Å². The summed E-state index contributed by atoms with van der Waals surface area (Å²) < 4.78 is 29.7. The minimum atomic E-state index is -3.60. The summed E-state index contributed by atoms with van der Waals surface area (Å²) in [7, 11) is -3.60. The Bertz CT molecular complexity index is 757. The first-order valence-electron chi connectivity index (χ1n) is 6.87. The Labute approximate surface area is 134 Å². The second-order valence-corrected chi connectivity index (χ2v) is 7.09. The Morgan fingerprint density at radius 1 is 1.09 bits per heavy atom. The molecule has 0 amide bonds. The lowest BCUT2D eigenvalue weighted by molar-refractivity contribution is -0.139. The van der Waals surface area contributed by atoms with E-state index in [0.29, 0.717) is 5.75 Å². The number of aliphatic carboxylic acids is 1. The number of sulfone groups is 1. The molecule has 2 aromatic carbocycles. The van der Waals surface area contributed by atoms with Crippen molar-refractivity contribution < 1.29 is 23.1 Å². The molecule has 1 atom stereocenters. The van der Waals surface area contributed by atoms with Crippen LogP contribution in [0.1, 0.15) is 5.56 Å². The van der Waals surface area contributed by atoms with E-state index in [4.69, 9.17) is 15.6 Å². The van der Waals surface area contributed by atoms with Crippen LogP contribution in [0.25, 0.3) is 0 Å². The van der Waals surface area contributed by atoms with Crippen molar-refractivity contribution in [3.05, 3.63) is 60.2 Å². The molecule has 0 aliphatic rings. The number of hydrogen-bond acceptors (Lipinski definition) is 5. The Hall–Kier alpha value is -2.38. The van der Waals surface area contributed by atoms with Crippen LogP contribution in [-0.4, -0.2) is 31.5 Å². The topological polar surface area (TPSA) is 107 Å². The third kappa shape index (κ3) is 4.54. The molecule has 122 valence electrons. The molecular weight excluding hydrogens is 318 g/mol. The number of carbonyl (C=O) groups is 1. The van der Waals surface area contributed by atoms with Gasteiger partial charge in [0.2, 0.25) is 0 Å². The fourth-order valence-electron chi connectivity index (χ4n) is 1.99. The molecule has 2 rings (SSSR count). The van der Waals surface area contributed by atoms with Gasteiger partial charge in [0.15, 0.2) is 16.4 Å². The number of rotatable bonds is 7. The van der Waals surface area contributed by atoms with Gasteiger partial charge in [-0.25, -0.2) is 13.2 Å². The summed E-state index contributed by atoms with van der Waals surface area (Å²) in [4.78, 5) is 10.6. The van der Waals surface area contributed by atoms with Crippen LogP contribution in [0.15, 0.2) is 59.5 Å². The molecule has 0 aromatic heterocycles. The van der Waals surface area contributed by atoms with Crippen molar-refractivity contribution in [2.45, 2.75) is 16.7 Å². The molecule has 0 aliphatic carbocycles. The van der Waals surface area contributed by atoms with Gasteiger partial charge in [-0.05, 0) is 29.8 Å². The molecule has 7 heteroatoms. The number of ether oxygens (including phenoxy) is 1. The molecule has 0 saturated heterocycles. The van der Waals surface area contributed by atoms with Gasteiger partial charge in [0.25, 0.3) is 0 Å². The lowest BCUT2D eigenvalue weighted by Gasteiger charge is -2.13. The molecule has 0 saturated carbocycles. The van der Waals surface area contributed by atoms with Crippen LogP contribution in [-0.2, 0) is 21.1 Å². The number of benzene rings is 2. The van der Waals surface area contributed by atoms with E-state index in [2.05, 4.69) is 0 Å². The summed E-state index contributed by atoms with van der Waals surface area (Å²) in [5.74, 6) is -0.666.